The second kappa shape index (κ2) is 5.13. The summed E-state index contributed by atoms with van der Waals surface area (Å²) in [5.74, 6) is 1.10. The topological polar surface area (TPSA) is 33.5 Å². The van der Waals surface area contributed by atoms with Gasteiger partial charge in [0.25, 0.3) is 0 Å². The molecule has 0 spiro atoms. The van der Waals surface area contributed by atoms with Gasteiger partial charge in [0.15, 0.2) is 0 Å². The van der Waals surface area contributed by atoms with E-state index in [0.717, 1.165) is 24.4 Å². The van der Waals surface area contributed by atoms with Gasteiger partial charge in [0.2, 0.25) is 0 Å². The van der Waals surface area contributed by atoms with E-state index < -0.39 is 0 Å². The third-order valence-electron chi connectivity index (χ3n) is 4.04. The molecule has 0 atom stereocenters. The number of nitrogens with one attached hydrogen (secondary N) is 1. The average Bonchev–Trinajstić information content (AvgIpc) is 2.47. The van der Waals surface area contributed by atoms with Crippen molar-refractivity contribution in [3.63, 3.8) is 0 Å². The largest absolute Gasteiger partial charge is 0.345 e. The Morgan fingerprint density at radius 1 is 1.21 bits per heavy atom. The number of aryl methyl sites for hydroxylation is 1. The maximum Gasteiger partial charge on any atom is 0.140 e. The van der Waals surface area contributed by atoms with Crippen LogP contribution in [0.2, 0.25) is 0 Å². The minimum absolute atomic E-state index is 1.04. The summed E-state index contributed by atoms with van der Waals surface area (Å²) in [6.45, 7) is 10.2. The lowest BCUT2D eigenvalue weighted by Gasteiger charge is -2.32. The number of quaternary nitrogens is 1. The minimum atomic E-state index is 1.04. The molecular formula is C15H21N4+. The molecule has 0 unspecified atom stereocenters. The molecule has 2 heterocycles. The molecule has 100 valence electrons. The van der Waals surface area contributed by atoms with E-state index in [9.17, 15) is 0 Å². The van der Waals surface area contributed by atoms with Gasteiger partial charge in [-0.1, -0.05) is 11.6 Å². The van der Waals surface area contributed by atoms with Gasteiger partial charge >= 0.3 is 0 Å². The predicted molar refractivity (Wildman–Crippen MR) is 77.7 cm³/mol. The van der Waals surface area contributed by atoms with Gasteiger partial charge in [-0.2, -0.15) is 0 Å². The van der Waals surface area contributed by atoms with Crippen LogP contribution in [0.3, 0.4) is 0 Å². The highest BCUT2D eigenvalue weighted by atomic mass is 15.3. The molecular weight excluding hydrogens is 236 g/mol. The molecule has 1 aliphatic heterocycles. The zero-order valence-corrected chi connectivity index (χ0v) is 11.7. The number of aromatic nitrogens is 2. The van der Waals surface area contributed by atoms with Crippen molar-refractivity contribution in [2.75, 3.05) is 37.6 Å². The first-order valence-corrected chi connectivity index (χ1v) is 7.08. The number of nitrogens with zero attached hydrogens (tertiary/aromatic N) is 3. The average molecular weight is 257 g/mol. The normalized spacial score (nSPS) is 17.1. The summed E-state index contributed by atoms with van der Waals surface area (Å²) < 4.78 is 0. The van der Waals surface area contributed by atoms with Crippen LogP contribution in [-0.4, -0.2) is 42.7 Å². The molecule has 1 aliphatic rings. The standard InChI is InChI=1S/C15H20N4/c1-3-18-6-8-19(9-7-18)15-13-10-12(2)4-5-14(13)16-11-17-15/h4-5,10-11H,3,6-9H2,1-2H3/p+1. The summed E-state index contributed by atoms with van der Waals surface area (Å²) in [6, 6.07) is 6.39. The van der Waals surface area contributed by atoms with Crippen molar-refractivity contribution in [3.05, 3.63) is 30.1 Å². The summed E-state index contributed by atoms with van der Waals surface area (Å²) in [4.78, 5) is 13.0. The Bertz CT molecular complexity index is 573. The van der Waals surface area contributed by atoms with E-state index in [0.29, 0.717) is 0 Å². The van der Waals surface area contributed by atoms with Crippen LogP contribution in [0, 0.1) is 6.92 Å². The fourth-order valence-corrected chi connectivity index (χ4v) is 2.80. The number of hydrogen-bond acceptors (Lipinski definition) is 3. The molecule has 2 aromatic rings. The Morgan fingerprint density at radius 3 is 2.74 bits per heavy atom. The van der Waals surface area contributed by atoms with Gasteiger partial charge in [-0.3, -0.25) is 0 Å². The van der Waals surface area contributed by atoms with E-state index >= 15 is 0 Å². The zero-order valence-electron chi connectivity index (χ0n) is 11.7. The molecule has 1 aromatic carbocycles. The number of piperazine rings is 1. The van der Waals surface area contributed by atoms with Crippen LogP contribution in [0.4, 0.5) is 5.82 Å². The van der Waals surface area contributed by atoms with Crippen molar-refractivity contribution in [1.29, 1.82) is 0 Å². The van der Waals surface area contributed by atoms with Crippen molar-refractivity contribution < 1.29 is 4.90 Å². The molecule has 1 aromatic heterocycles. The molecule has 0 amide bonds. The van der Waals surface area contributed by atoms with Gasteiger partial charge < -0.3 is 9.80 Å². The summed E-state index contributed by atoms with van der Waals surface area (Å²) in [5, 5.41) is 1.18. The van der Waals surface area contributed by atoms with Crippen LogP contribution < -0.4 is 9.80 Å². The van der Waals surface area contributed by atoms with Crippen molar-refractivity contribution >= 4 is 16.7 Å². The van der Waals surface area contributed by atoms with Gasteiger partial charge in [-0.25, -0.2) is 9.97 Å². The van der Waals surface area contributed by atoms with Gasteiger partial charge in [0.05, 0.1) is 38.2 Å². The lowest BCUT2D eigenvalue weighted by atomic mass is 10.1. The second-order valence-corrected chi connectivity index (χ2v) is 5.31. The molecule has 19 heavy (non-hydrogen) atoms. The third kappa shape index (κ3) is 2.40. The molecule has 0 bridgehead atoms. The van der Waals surface area contributed by atoms with Crippen LogP contribution >= 0.6 is 0 Å². The van der Waals surface area contributed by atoms with Crippen LogP contribution in [-0.2, 0) is 0 Å². The highest BCUT2D eigenvalue weighted by Crippen LogP contribution is 2.23. The van der Waals surface area contributed by atoms with E-state index in [4.69, 9.17) is 0 Å². The third-order valence-corrected chi connectivity index (χ3v) is 4.04. The number of likely N-dealkylation sites (N-methyl/N-ethyl adjacent to an activating group) is 1. The van der Waals surface area contributed by atoms with E-state index in [1.165, 1.54) is 30.6 Å². The molecule has 1 saturated heterocycles. The summed E-state index contributed by atoms with van der Waals surface area (Å²) >= 11 is 0. The highest BCUT2D eigenvalue weighted by molar-refractivity contribution is 5.89. The van der Waals surface area contributed by atoms with Crippen molar-refractivity contribution in [3.8, 4) is 0 Å². The quantitative estimate of drug-likeness (QED) is 0.858. The van der Waals surface area contributed by atoms with E-state index in [1.54, 1.807) is 11.2 Å². The minimum Gasteiger partial charge on any atom is -0.345 e. The Morgan fingerprint density at radius 2 is 2.00 bits per heavy atom. The molecule has 3 rings (SSSR count). The maximum absolute atomic E-state index is 4.53. The number of benzene rings is 1. The van der Waals surface area contributed by atoms with Crippen molar-refractivity contribution in [2.24, 2.45) is 0 Å². The fourth-order valence-electron chi connectivity index (χ4n) is 2.80. The van der Waals surface area contributed by atoms with E-state index in [1.807, 2.05) is 0 Å². The van der Waals surface area contributed by atoms with Crippen LogP contribution in [0.5, 0.6) is 0 Å². The van der Waals surface area contributed by atoms with Gasteiger partial charge in [0, 0.05) is 5.39 Å². The highest BCUT2D eigenvalue weighted by Gasteiger charge is 2.21. The molecule has 0 aliphatic carbocycles. The maximum atomic E-state index is 4.53. The second-order valence-electron chi connectivity index (χ2n) is 5.31. The van der Waals surface area contributed by atoms with Gasteiger partial charge in [-0.05, 0) is 26.0 Å². The Hall–Kier alpha value is -1.68. The van der Waals surface area contributed by atoms with E-state index in [-0.39, 0.29) is 0 Å². The molecule has 4 heteroatoms. The van der Waals surface area contributed by atoms with Crippen LogP contribution in [0.1, 0.15) is 12.5 Å². The number of anilines is 1. The summed E-state index contributed by atoms with van der Waals surface area (Å²) in [6.07, 6.45) is 1.69. The Labute approximate surface area is 114 Å². The Balaban J connectivity index is 1.94. The number of fused-ring (bicyclic) bond motifs is 1. The molecule has 0 saturated carbocycles. The zero-order chi connectivity index (χ0) is 13.2. The van der Waals surface area contributed by atoms with Crippen molar-refractivity contribution in [1.82, 2.24) is 9.97 Å². The summed E-state index contributed by atoms with van der Waals surface area (Å²) in [7, 11) is 0. The van der Waals surface area contributed by atoms with Gasteiger partial charge in [-0.15, -0.1) is 0 Å². The lowest BCUT2D eigenvalue weighted by Crippen LogP contribution is -3.14. The first-order chi connectivity index (χ1) is 9.28. The smallest absolute Gasteiger partial charge is 0.140 e. The molecule has 4 nitrogen and oxygen atoms in total. The van der Waals surface area contributed by atoms with Crippen LogP contribution in [0.15, 0.2) is 24.5 Å². The Kier molecular flexibility index (Phi) is 3.34. The first-order valence-electron chi connectivity index (χ1n) is 7.08. The lowest BCUT2D eigenvalue weighted by molar-refractivity contribution is -0.898. The van der Waals surface area contributed by atoms with Crippen LogP contribution in [0.25, 0.3) is 10.9 Å². The SMILES string of the molecule is CC[NH+]1CCN(c2ncnc3ccc(C)cc23)CC1. The molecule has 1 fully saturated rings. The van der Waals surface area contributed by atoms with E-state index in [2.05, 4.69) is 46.9 Å². The predicted octanol–water partition coefficient (Wildman–Crippen LogP) is 0.663. The van der Waals surface area contributed by atoms with Crippen molar-refractivity contribution in [2.45, 2.75) is 13.8 Å². The monoisotopic (exact) mass is 257 g/mol. The fraction of sp³-hybridized carbons (Fsp3) is 0.467. The number of rotatable bonds is 2. The van der Waals surface area contributed by atoms with Gasteiger partial charge in [0.1, 0.15) is 12.1 Å². The number of hydrogen-bond donors (Lipinski definition) is 1. The summed E-state index contributed by atoms with van der Waals surface area (Å²) in [5.41, 5.74) is 2.31. The molecule has 0 radical (unpaired) electrons. The first kappa shape index (κ1) is 12.4. The molecule has 1 N–H and O–H groups in total.